The molecule has 0 atom stereocenters. The maximum Gasteiger partial charge on any atom is 0.397 e. The minimum Gasteiger partial charge on any atom is -0.502 e. The van der Waals surface area contributed by atoms with Gasteiger partial charge in [-0.2, -0.15) is 26.3 Å². The Bertz CT molecular complexity index is 1560. The van der Waals surface area contributed by atoms with Crippen molar-refractivity contribution in [3.63, 3.8) is 0 Å². The molecule has 6 rings (SSSR count). The van der Waals surface area contributed by atoms with Crippen LogP contribution in [0.1, 0.15) is 72.1 Å². The van der Waals surface area contributed by atoms with Gasteiger partial charge >= 0.3 is 12.4 Å². The zero-order valence-corrected chi connectivity index (χ0v) is 29.8. The van der Waals surface area contributed by atoms with Crippen molar-refractivity contribution in [1.82, 2.24) is 9.80 Å². The number of halogens is 8. The third-order valence-corrected chi connectivity index (χ3v) is 8.99. The van der Waals surface area contributed by atoms with Gasteiger partial charge in [0.1, 0.15) is 24.0 Å². The minimum absolute atomic E-state index is 0. The number of Topliss-reactive ketones (excluding diaryl/α,β-unsaturated/α-hetero) is 1. The van der Waals surface area contributed by atoms with Gasteiger partial charge in [0.25, 0.3) is 0 Å². The number of nitrogens with zero attached hydrogens (tertiary/aromatic N) is 2. The molecule has 2 amide bonds. The number of fused-ring (bicyclic) bond motifs is 4. The summed E-state index contributed by atoms with van der Waals surface area (Å²) in [6.45, 7) is 9.18. The van der Waals surface area contributed by atoms with Crippen LogP contribution in [0.5, 0.6) is 0 Å². The fourth-order valence-corrected chi connectivity index (χ4v) is 6.39. The van der Waals surface area contributed by atoms with Crippen LogP contribution in [0.2, 0.25) is 0 Å². The molecule has 0 saturated carbocycles. The van der Waals surface area contributed by atoms with Gasteiger partial charge in [-0.25, -0.2) is 0 Å². The number of likely N-dealkylation sites (tertiary alicyclic amines) is 2. The smallest absolute Gasteiger partial charge is 0.397 e. The molecule has 4 aliphatic rings. The Morgan fingerprint density at radius 1 is 0.860 bits per heavy atom. The predicted molar refractivity (Wildman–Crippen MR) is 176 cm³/mol. The molecule has 2 aromatic carbocycles. The zero-order valence-electron chi connectivity index (χ0n) is 27.4. The lowest BCUT2D eigenvalue weighted by Crippen LogP contribution is -2.61. The van der Waals surface area contributed by atoms with E-state index in [1.54, 1.807) is 18.2 Å². The van der Waals surface area contributed by atoms with E-state index in [9.17, 15) is 40.7 Å². The maximum atomic E-state index is 12.2. The van der Waals surface area contributed by atoms with Crippen molar-refractivity contribution in [3.05, 3.63) is 81.5 Å². The average molecular weight is 800 g/mol. The molecule has 0 bridgehead atoms. The number of alkyl halides is 6. The van der Waals surface area contributed by atoms with Crippen molar-refractivity contribution < 1.29 is 54.9 Å². The number of ether oxygens (including phenoxy) is 3. The Kier molecular flexibility index (Phi) is 13.6. The molecule has 8 nitrogen and oxygen atoms in total. The van der Waals surface area contributed by atoms with E-state index in [1.165, 1.54) is 24.5 Å². The number of benzene rings is 2. The minimum atomic E-state index is -4.50. The molecule has 50 heavy (non-hydrogen) atoms. The molecule has 4 aliphatic heterocycles. The third kappa shape index (κ3) is 10.0. The van der Waals surface area contributed by atoms with Crippen molar-refractivity contribution >= 4 is 45.9 Å². The lowest BCUT2D eigenvalue weighted by atomic mass is 9.84. The molecule has 2 saturated heterocycles. The quantitative estimate of drug-likeness (QED) is 0.123. The summed E-state index contributed by atoms with van der Waals surface area (Å²) in [6.07, 6.45) is -8.01. The summed E-state index contributed by atoms with van der Waals surface area (Å²) in [5, 5.41) is 0. The lowest BCUT2D eigenvalue weighted by Gasteiger charge is -2.47. The van der Waals surface area contributed by atoms with E-state index in [2.05, 4.69) is 29.4 Å². The largest absolute Gasteiger partial charge is 0.502 e. The monoisotopic (exact) mass is 798 g/mol. The van der Waals surface area contributed by atoms with Crippen LogP contribution in [0.4, 0.5) is 26.3 Å². The highest BCUT2D eigenvalue weighted by Crippen LogP contribution is 2.45. The molecule has 276 valence electrons. The third-order valence-electron chi connectivity index (χ3n) is 8.50. The topological polar surface area (TPSA) is 85.4 Å². The fourth-order valence-electron chi connectivity index (χ4n) is 5.98. The first-order valence-electron chi connectivity index (χ1n) is 15.5. The SMILES string of the molecule is C=COCCCC.CC(=O)c1ccc2c(c1)COC21CN(C(=O)CC(F)(F)F)C1.Cl.O=C(CC(F)(F)F)N1CC2(C1)OCc1cc(Br)ccc12. The van der Waals surface area contributed by atoms with Gasteiger partial charge in [-0.3, -0.25) is 14.4 Å². The Morgan fingerprint density at radius 3 is 1.74 bits per heavy atom. The molecule has 0 radical (unpaired) electrons. The van der Waals surface area contributed by atoms with Crippen molar-refractivity contribution in [2.24, 2.45) is 0 Å². The molecular weight excluding hydrogens is 762 g/mol. The number of amides is 2. The van der Waals surface area contributed by atoms with Crippen LogP contribution in [0.3, 0.4) is 0 Å². The number of rotatable bonds is 7. The van der Waals surface area contributed by atoms with E-state index >= 15 is 0 Å². The number of unbranched alkanes of at least 4 members (excludes halogenated alkanes) is 1. The van der Waals surface area contributed by atoms with Crippen LogP contribution in [-0.4, -0.2) is 72.5 Å². The van der Waals surface area contributed by atoms with E-state index in [1.807, 2.05) is 18.2 Å². The number of hydrogen-bond acceptors (Lipinski definition) is 6. The Balaban J connectivity index is 0.000000225. The molecule has 0 N–H and O–H groups in total. The van der Waals surface area contributed by atoms with Gasteiger partial charge in [0.2, 0.25) is 11.8 Å². The van der Waals surface area contributed by atoms with Gasteiger partial charge in [0.05, 0.1) is 52.3 Å². The molecule has 2 fully saturated rings. The Hall–Kier alpha value is -3.14. The van der Waals surface area contributed by atoms with Crippen LogP contribution >= 0.6 is 28.3 Å². The Morgan fingerprint density at radius 2 is 1.32 bits per heavy atom. The van der Waals surface area contributed by atoms with Crippen LogP contribution < -0.4 is 0 Å². The lowest BCUT2D eigenvalue weighted by molar-refractivity contribution is -0.186. The highest BCUT2D eigenvalue weighted by atomic mass is 79.9. The van der Waals surface area contributed by atoms with Crippen molar-refractivity contribution in [1.29, 1.82) is 0 Å². The van der Waals surface area contributed by atoms with Crippen LogP contribution in [0.25, 0.3) is 0 Å². The summed E-state index contributed by atoms with van der Waals surface area (Å²) in [7, 11) is 0. The van der Waals surface area contributed by atoms with E-state index < -0.39 is 48.2 Å². The summed E-state index contributed by atoms with van der Waals surface area (Å²) in [4.78, 5) is 36.7. The highest BCUT2D eigenvalue weighted by Gasteiger charge is 2.54. The van der Waals surface area contributed by atoms with Gasteiger partial charge < -0.3 is 24.0 Å². The van der Waals surface area contributed by atoms with Gasteiger partial charge in [-0.1, -0.05) is 54.1 Å². The molecule has 0 aliphatic carbocycles. The van der Waals surface area contributed by atoms with Gasteiger partial charge in [0.15, 0.2) is 5.78 Å². The van der Waals surface area contributed by atoms with Crippen LogP contribution in [-0.2, 0) is 48.2 Å². The van der Waals surface area contributed by atoms with Crippen molar-refractivity contribution in [2.45, 2.75) is 76.3 Å². The van der Waals surface area contributed by atoms with E-state index in [-0.39, 0.29) is 44.4 Å². The number of ketones is 1. The van der Waals surface area contributed by atoms with Gasteiger partial charge in [0, 0.05) is 10.0 Å². The number of carbonyl (C=O) groups is 3. The second-order valence-electron chi connectivity index (χ2n) is 12.3. The van der Waals surface area contributed by atoms with Crippen molar-refractivity contribution in [3.8, 4) is 0 Å². The second-order valence-corrected chi connectivity index (χ2v) is 13.2. The average Bonchev–Trinajstić information content (AvgIpc) is 3.53. The first kappa shape index (κ1) is 41.3. The summed E-state index contributed by atoms with van der Waals surface area (Å²) in [5.74, 6) is -1.88. The van der Waals surface area contributed by atoms with Crippen LogP contribution in [0.15, 0.2) is 53.7 Å². The van der Waals surface area contributed by atoms with E-state index in [4.69, 9.17) is 14.2 Å². The molecule has 2 aromatic rings. The van der Waals surface area contributed by atoms with Crippen molar-refractivity contribution in [2.75, 3.05) is 32.8 Å². The normalized spacial score (nSPS) is 17.5. The molecule has 2 spiro atoms. The van der Waals surface area contributed by atoms with Gasteiger partial charge in [-0.15, -0.1) is 12.4 Å². The van der Waals surface area contributed by atoms with Gasteiger partial charge in [-0.05, 0) is 53.8 Å². The summed E-state index contributed by atoms with van der Waals surface area (Å²) >= 11 is 3.37. The predicted octanol–water partition coefficient (Wildman–Crippen LogP) is 7.75. The molecule has 4 heterocycles. The zero-order chi connectivity index (χ0) is 36.2. The highest BCUT2D eigenvalue weighted by molar-refractivity contribution is 9.10. The Labute approximate surface area is 300 Å². The fraction of sp³-hybridized carbons (Fsp3) is 0.500. The summed E-state index contributed by atoms with van der Waals surface area (Å²) in [5.41, 5.74) is 2.94. The second kappa shape index (κ2) is 16.5. The molecular formula is C34H38BrClF6N2O6. The number of hydrogen-bond donors (Lipinski definition) is 0. The number of carbonyl (C=O) groups excluding carboxylic acids is 3. The summed E-state index contributed by atoms with van der Waals surface area (Å²) in [6, 6.07) is 10.9. The van der Waals surface area contributed by atoms with E-state index in [0.29, 0.717) is 18.8 Å². The molecule has 0 unspecified atom stereocenters. The van der Waals surface area contributed by atoms with Crippen LogP contribution in [0, 0.1) is 0 Å². The molecule has 0 aromatic heterocycles. The molecule has 16 heteroatoms. The summed E-state index contributed by atoms with van der Waals surface area (Å²) < 4.78 is 90.5. The standard InChI is InChI=1S/C15H14F3NO3.C13H11BrF3NO2.C6H12O.ClH/c1-9(20)10-2-3-12-11(4-10)6-22-14(12)7-19(8-14)13(21)5-15(16,17)18;14-9-1-2-10-8(3-9)5-20-12(10)6-18(7-12)11(19)4-13(15,16)17;1-3-5-6-7-4-2;/h2-4H,5-8H2,1H3;1-3H,4-7H2;4H,2-3,5-6H2,1H3;1H. The first-order chi connectivity index (χ1) is 22.9. The van der Waals surface area contributed by atoms with E-state index in [0.717, 1.165) is 44.7 Å². The maximum absolute atomic E-state index is 12.2. The first-order valence-corrected chi connectivity index (χ1v) is 16.3.